The predicted octanol–water partition coefficient (Wildman–Crippen LogP) is 0.308. The average Bonchev–Trinajstić information content (AvgIpc) is 3.31. The van der Waals surface area contributed by atoms with Crippen LogP contribution in [0.3, 0.4) is 0 Å². The first-order valence-electron chi connectivity index (χ1n) is 8.67. The Bertz CT molecular complexity index is 546. The molecule has 25 heavy (non-hydrogen) atoms. The maximum atomic E-state index is 12.6. The maximum Gasteiger partial charge on any atom is 0.410 e. The van der Waals surface area contributed by atoms with Gasteiger partial charge in [0.2, 0.25) is 5.91 Å². The van der Waals surface area contributed by atoms with Gasteiger partial charge in [-0.1, -0.05) is 25.5 Å². The number of hydrogen-bond donors (Lipinski definition) is 3. The zero-order valence-electron chi connectivity index (χ0n) is 14.8. The highest BCUT2D eigenvalue weighted by atomic mass is 16.5. The molecular formula is C17H27N3O5. The molecular weight excluding hydrogens is 326 g/mol. The van der Waals surface area contributed by atoms with Gasteiger partial charge in [-0.2, -0.15) is 0 Å². The van der Waals surface area contributed by atoms with Crippen LogP contribution in [-0.4, -0.2) is 65.8 Å². The van der Waals surface area contributed by atoms with Gasteiger partial charge in [-0.05, 0) is 25.7 Å². The number of carbonyl (C=O) groups is 3. The predicted molar refractivity (Wildman–Crippen MR) is 90.7 cm³/mol. The van der Waals surface area contributed by atoms with Gasteiger partial charge in [0, 0.05) is 12.6 Å². The minimum Gasteiger partial charge on any atom is -0.453 e. The fourth-order valence-electron chi connectivity index (χ4n) is 2.94. The van der Waals surface area contributed by atoms with E-state index in [0.29, 0.717) is 19.3 Å². The van der Waals surface area contributed by atoms with Crippen molar-refractivity contribution < 1.29 is 24.2 Å². The van der Waals surface area contributed by atoms with E-state index >= 15 is 0 Å². The molecule has 3 unspecified atom stereocenters. The molecule has 2 aliphatic rings. The largest absolute Gasteiger partial charge is 0.453 e. The van der Waals surface area contributed by atoms with Gasteiger partial charge < -0.3 is 20.5 Å². The lowest BCUT2D eigenvalue weighted by molar-refractivity contribution is -0.133. The Morgan fingerprint density at radius 3 is 2.64 bits per heavy atom. The molecule has 2 fully saturated rings. The zero-order chi connectivity index (χ0) is 18.6. The number of likely N-dealkylation sites (tertiary alicyclic amines) is 1. The minimum absolute atomic E-state index is 0.133. The van der Waals surface area contributed by atoms with E-state index in [0.717, 1.165) is 18.4 Å². The Kier molecular flexibility index (Phi) is 6.41. The lowest BCUT2D eigenvalue weighted by atomic mass is 10.0. The molecule has 1 aliphatic heterocycles. The molecule has 0 aromatic rings. The average molecular weight is 353 g/mol. The van der Waals surface area contributed by atoms with Crippen molar-refractivity contribution in [2.45, 2.75) is 63.3 Å². The molecule has 0 aromatic heterocycles. The number of methoxy groups -OCH3 is 1. The monoisotopic (exact) mass is 353 g/mol. The molecule has 140 valence electrons. The van der Waals surface area contributed by atoms with Crippen molar-refractivity contribution >= 4 is 17.9 Å². The number of rotatable bonds is 7. The quantitative estimate of drug-likeness (QED) is 0.571. The molecule has 8 heteroatoms. The number of hydrogen-bond acceptors (Lipinski definition) is 5. The third kappa shape index (κ3) is 4.94. The highest BCUT2D eigenvalue weighted by molar-refractivity contribution is 5.88. The molecule has 0 radical (unpaired) electrons. The SMILES string of the molecule is C=C1CC(C(=O)NC(CCC)C(O)C(=O)NC2CC2)N(C(=O)OC)C1. The summed E-state index contributed by atoms with van der Waals surface area (Å²) in [5.41, 5.74) is 0.754. The van der Waals surface area contributed by atoms with E-state index in [1.54, 1.807) is 0 Å². The first kappa shape index (κ1) is 19.2. The second-order valence-electron chi connectivity index (χ2n) is 6.70. The Hall–Kier alpha value is -2.09. The van der Waals surface area contributed by atoms with E-state index in [2.05, 4.69) is 17.2 Å². The summed E-state index contributed by atoms with van der Waals surface area (Å²) in [6.45, 7) is 5.99. The van der Waals surface area contributed by atoms with Crippen molar-refractivity contribution in [3.63, 3.8) is 0 Å². The van der Waals surface area contributed by atoms with Crippen molar-refractivity contribution in [1.82, 2.24) is 15.5 Å². The van der Waals surface area contributed by atoms with Crippen LogP contribution < -0.4 is 10.6 Å². The van der Waals surface area contributed by atoms with Crippen LogP contribution in [0.25, 0.3) is 0 Å². The highest BCUT2D eigenvalue weighted by Gasteiger charge is 2.39. The van der Waals surface area contributed by atoms with Crippen molar-refractivity contribution in [2.24, 2.45) is 0 Å². The summed E-state index contributed by atoms with van der Waals surface area (Å²) in [7, 11) is 1.25. The van der Waals surface area contributed by atoms with E-state index in [4.69, 9.17) is 4.74 Å². The fraction of sp³-hybridized carbons (Fsp3) is 0.706. The molecule has 1 heterocycles. The lowest BCUT2D eigenvalue weighted by Crippen LogP contribution is -2.55. The second-order valence-corrected chi connectivity index (χ2v) is 6.70. The summed E-state index contributed by atoms with van der Waals surface area (Å²) < 4.78 is 4.70. The Morgan fingerprint density at radius 2 is 2.08 bits per heavy atom. The van der Waals surface area contributed by atoms with Crippen molar-refractivity contribution in [1.29, 1.82) is 0 Å². The summed E-state index contributed by atoms with van der Waals surface area (Å²) in [4.78, 5) is 37.8. The summed E-state index contributed by atoms with van der Waals surface area (Å²) in [5.74, 6) is -0.886. The molecule has 8 nitrogen and oxygen atoms in total. The highest BCUT2D eigenvalue weighted by Crippen LogP contribution is 2.23. The van der Waals surface area contributed by atoms with E-state index in [9.17, 15) is 19.5 Å². The molecule has 0 spiro atoms. The number of aliphatic hydroxyl groups is 1. The number of ether oxygens (including phenoxy) is 1. The van der Waals surface area contributed by atoms with Gasteiger partial charge in [-0.15, -0.1) is 0 Å². The van der Waals surface area contributed by atoms with Gasteiger partial charge >= 0.3 is 6.09 Å². The Morgan fingerprint density at radius 1 is 1.40 bits per heavy atom. The van der Waals surface area contributed by atoms with Crippen LogP contribution in [0.15, 0.2) is 12.2 Å². The topological polar surface area (TPSA) is 108 Å². The normalized spacial score (nSPS) is 22.3. The summed E-state index contributed by atoms with van der Waals surface area (Å²) in [5, 5.41) is 15.8. The molecule has 1 saturated heterocycles. The molecule has 1 saturated carbocycles. The number of amides is 3. The van der Waals surface area contributed by atoms with Gasteiger partial charge in [0.25, 0.3) is 5.91 Å². The van der Waals surface area contributed by atoms with Crippen LogP contribution in [0.5, 0.6) is 0 Å². The first-order valence-corrected chi connectivity index (χ1v) is 8.67. The van der Waals surface area contributed by atoms with Gasteiger partial charge in [0.05, 0.1) is 13.2 Å². The van der Waals surface area contributed by atoms with Crippen LogP contribution in [-0.2, 0) is 14.3 Å². The maximum absolute atomic E-state index is 12.6. The molecule has 0 aromatic carbocycles. The van der Waals surface area contributed by atoms with E-state index < -0.39 is 36.1 Å². The van der Waals surface area contributed by atoms with Crippen molar-refractivity contribution in [2.75, 3.05) is 13.7 Å². The van der Waals surface area contributed by atoms with E-state index in [1.165, 1.54) is 12.0 Å². The molecule has 3 amide bonds. The number of carbonyl (C=O) groups excluding carboxylic acids is 3. The molecule has 1 aliphatic carbocycles. The Balaban J connectivity index is 2.01. The van der Waals surface area contributed by atoms with Crippen molar-refractivity contribution in [3.05, 3.63) is 12.2 Å². The Labute approximate surface area is 147 Å². The third-order valence-electron chi connectivity index (χ3n) is 4.46. The molecule has 2 rings (SSSR count). The number of nitrogens with one attached hydrogen (secondary N) is 2. The van der Waals surface area contributed by atoms with Crippen LogP contribution in [0.4, 0.5) is 4.79 Å². The third-order valence-corrected chi connectivity index (χ3v) is 4.46. The van der Waals surface area contributed by atoms with Crippen molar-refractivity contribution in [3.8, 4) is 0 Å². The van der Waals surface area contributed by atoms with Gasteiger partial charge in [-0.25, -0.2) is 4.79 Å². The van der Waals surface area contributed by atoms with Crippen LogP contribution >= 0.6 is 0 Å². The zero-order valence-corrected chi connectivity index (χ0v) is 14.8. The summed E-state index contributed by atoms with van der Waals surface area (Å²) in [6.07, 6.45) is 1.40. The number of nitrogens with zero attached hydrogens (tertiary/aromatic N) is 1. The molecule has 3 N–H and O–H groups in total. The minimum atomic E-state index is -1.32. The van der Waals surface area contributed by atoms with E-state index in [1.807, 2.05) is 6.92 Å². The smallest absolute Gasteiger partial charge is 0.410 e. The molecule has 3 atom stereocenters. The second kappa shape index (κ2) is 8.33. The molecule has 0 bridgehead atoms. The van der Waals surface area contributed by atoms with Crippen LogP contribution in [0.1, 0.15) is 39.0 Å². The summed E-state index contributed by atoms with van der Waals surface area (Å²) >= 11 is 0. The van der Waals surface area contributed by atoms with Crippen LogP contribution in [0.2, 0.25) is 0 Å². The summed E-state index contributed by atoms with van der Waals surface area (Å²) in [6, 6.07) is -1.31. The van der Waals surface area contributed by atoms with Gasteiger partial charge in [-0.3, -0.25) is 14.5 Å². The first-order chi connectivity index (χ1) is 11.9. The van der Waals surface area contributed by atoms with Crippen LogP contribution in [0, 0.1) is 0 Å². The number of aliphatic hydroxyl groups excluding tert-OH is 1. The lowest BCUT2D eigenvalue weighted by Gasteiger charge is -2.27. The van der Waals surface area contributed by atoms with Gasteiger partial charge in [0.15, 0.2) is 6.10 Å². The fourth-order valence-corrected chi connectivity index (χ4v) is 2.94. The van der Waals surface area contributed by atoms with E-state index in [-0.39, 0.29) is 12.6 Å². The standard InChI is InChI=1S/C17H27N3O5/c1-4-5-12(14(21)16(23)18-11-6-7-11)19-15(22)13-8-10(2)9-20(13)17(24)25-3/h11-14,21H,2,4-9H2,1,3H3,(H,18,23)(H,19,22). The van der Waals surface area contributed by atoms with Gasteiger partial charge in [0.1, 0.15) is 6.04 Å².